The van der Waals surface area contributed by atoms with Crippen LogP contribution in [0.1, 0.15) is 40.1 Å². The van der Waals surface area contributed by atoms with Gasteiger partial charge in [0.2, 0.25) is 0 Å². The highest BCUT2D eigenvalue weighted by molar-refractivity contribution is 5.97. The Bertz CT molecular complexity index is 738. The molecule has 2 aromatic rings. The van der Waals surface area contributed by atoms with Crippen LogP contribution in [0.3, 0.4) is 0 Å². The normalized spacial score (nSPS) is 10.5. The number of carbonyl (C=O) groups excluding carboxylic acids is 2. The van der Waals surface area contributed by atoms with Gasteiger partial charge in [-0.1, -0.05) is 32.0 Å². The summed E-state index contributed by atoms with van der Waals surface area (Å²) in [6.45, 7) is 5.42. The summed E-state index contributed by atoms with van der Waals surface area (Å²) >= 11 is 0. The molecule has 5 nitrogen and oxygen atoms in total. The Morgan fingerprint density at radius 3 is 2.38 bits per heavy atom. The molecule has 0 saturated heterocycles. The van der Waals surface area contributed by atoms with Crippen LogP contribution in [0.2, 0.25) is 0 Å². The first-order valence-corrected chi connectivity index (χ1v) is 8.68. The maximum Gasteiger partial charge on any atom is 0.337 e. The summed E-state index contributed by atoms with van der Waals surface area (Å²) in [6.07, 6.45) is 0.715. The van der Waals surface area contributed by atoms with Crippen LogP contribution >= 0.6 is 0 Å². The highest BCUT2D eigenvalue weighted by Crippen LogP contribution is 2.13. The zero-order valence-corrected chi connectivity index (χ0v) is 15.5. The van der Waals surface area contributed by atoms with Crippen molar-refractivity contribution in [1.29, 1.82) is 0 Å². The minimum Gasteiger partial charge on any atom is -0.493 e. The van der Waals surface area contributed by atoms with E-state index in [0.717, 1.165) is 11.3 Å². The zero-order chi connectivity index (χ0) is 18.9. The molecule has 1 N–H and O–H groups in total. The van der Waals surface area contributed by atoms with E-state index < -0.39 is 5.97 Å². The Kier molecular flexibility index (Phi) is 7.21. The van der Waals surface area contributed by atoms with Gasteiger partial charge < -0.3 is 14.8 Å². The van der Waals surface area contributed by atoms with Gasteiger partial charge in [0.05, 0.1) is 19.3 Å². The predicted octanol–water partition coefficient (Wildman–Crippen LogP) is 3.48. The lowest BCUT2D eigenvalue weighted by atomic mass is 10.1. The summed E-state index contributed by atoms with van der Waals surface area (Å²) in [5, 5.41) is 2.86. The van der Waals surface area contributed by atoms with Crippen LogP contribution in [0.25, 0.3) is 0 Å². The van der Waals surface area contributed by atoms with Crippen molar-refractivity contribution in [3.05, 3.63) is 65.2 Å². The Balaban J connectivity index is 1.83. The summed E-state index contributed by atoms with van der Waals surface area (Å²) in [5.41, 5.74) is 1.91. The monoisotopic (exact) mass is 355 g/mol. The van der Waals surface area contributed by atoms with Gasteiger partial charge in [-0.05, 0) is 48.2 Å². The second-order valence-electron chi connectivity index (χ2n) is 6.43. The molecular weight excluding hydrogens is 330 g/mol. The number of hydrogen-bond donors (Lipinski definition) is 1. The Morgan fingerprint density at radius 2 is 1.73 bits per heavy atom. The molecule has 0 heterocycles. The smallest absolute Gasteiger partial charge is 0.337 e. The molecule has 0 atom stereocenters. The van der Waals surface area contributed by atoms with E-state index >= 15 is 0 Å². The van der Waals surface area contributed by atoms with E-state index in [2.05, 4.69) is 23.9 Å². The van der Waals surface area contributed by atoms with E-state index in [1.807, 2.05) is 24.3 Å². The van der Waals surface area contributed by atoms with Gasteiger partial charge in [0.25, 0.3) is 5.91 Å². The summed E-state index contributed by atoms with van der Waals surface area (Å²) in [7, 11) is 1.31. The molecule has 138 valence electrons. The first kappa shape index (κ1) is 19.5. The molecule has 2 rings (SSSR count). The molecular formula is C21H25NO4. The maximum atomic E-state index is 12.2. The summed E-state index contributed by atoms with van der Waals surface area (Å²) in [6, 6.07) is 14.4. The second-order valence-corrected chi connectivity index (χ2v) is 6.43. The first-order valence-electron chi connectivity index (χ1n) is 8.68. The number of ether oxygens (including phenoxy) is 2. The molecule has 2 aromatic carbocycles. The van der Waals surface area contributed by atoms with Gasteiger partial charge in [-0.25, -0.2) is 4.79 Å². The number of methoxy groups -OCH3 is 1. The van der Waals surface area contributed by atoms with Crippen LogP contribution in [0, 0.1) is 5.92 Å². The van der Waals surface area contributed by atoms with Gasteiger partial charge in [-0.2, -0.15) is 0 Å². The minimum absolute atomic E-state index is 0.215. The number of benzene rings is 2. The van der Waals surface area contributed by atoms with E-state index in [4.69, 9.17) is 4.74 Å². The number of carbonyl (C=O) groups is 2. The summed E-state index contributed by atoms with van der Waals surface area (Å²) < 4.78 is 10.3. The van der Waals surface area contributed by atoms with E-state index in [0.29, 0.717) is 36.6 Å². The first-order chi connectivity index (χ1) is 12.5. The molecule has 0 bridgehead atoms. The molecule has 0 fully saturated rings. The summed E-state index contributed by atoms with van der Waals surface area (Å²) in [4.78, 5) is 23.8. The van der Waals surface area contributed by atoms with Crippen molar-refractivity contribution in [1.82, 2.24) is 5.32 Å². The van der Waals surface area contributed by atoms with Gasteiger partial charge in [-0.15, -0.1) is 0 Å². The van der Waals surface area contributed by atoms with Crippen molar-refractivity contribution in [3.63, 3.8) is 0 Å². The van der Waals surface area contributed by atoms with Gasteiger partial charge in [0.1, 0.15) is 5.75 Å². The lowest BCUT2D eigenvalue weighted by molar-refractivity contribution is 0.0600. The topological polar surface area (TPSA) is 64.6 Å². The second kappa shape index (κ2) is 9.61. The van der Waals surface area contributed by atoms with Crippen LogP contribution in [-0.2, 0) is 11.2 Å². The highest BCUT2D eigenvalue weighted by Gasteiger charge is 2.10. The van der Waals surface area contributed by atoms with E-state index in [1.165, 1.54) is 13.2 Å². The highest BCUT2D eigenvalue weighted by atomic mass is 16.5. The Labute approximate surface area is 154 Å². The summed E-state index contributed by atoms with van der Waals surface area (Å²) in [5.74, 6) is 0.667. The predicted molar refractivity (Wildman–Crippen MR) is 101 cm³/mol. The van der Waals surface area contributed by atoms with Crippen LogP contribution in [0.5, 0.6) is 5.75 Å². The van der Waals surface area contributed by atoms with Crippen LogP contribution in [0.15, 0.2) is 48.5 Å². The lowest BCUT2D eigenvalue weighted by Crippen LogP contribution is -2.25. The average Bonchev–Trinajstić information content (AvgIpc) is 2.66. The molecule has 0 spiro atoms. The van der Waals surface area contributed by atoms with Gasteiger partial charge in [0, 0.05) is 12.1 Å². The quantitative estimate of drug-likeness (QED) is 0.736. The van der Waals surface area contributed by atoms with Crippen molar-refractivity contribution >= 4 is 11.9 Å². The fourth-order valence-corrected chi connectivity index (χ4v) is 2.34. The number of hydrogen-bond acceptors (Lipinski definition) is 4. The third kappa shape index (κ3) is 5.92. The number of nitrogens with one attached hydrogen (secondary N) is 1. The Morgan fingerprint density at radius 1 is 1.04 bits per heavy atom. The number of rotatable bonds is 8. The van der Waals surface area contributed by atoms with Crippen LogP contribution in [-0.4, -0.2) is 32.1 Å². The van der Waals surface area contributed by atoms with Crippen molar-refractivity contribution in [2.75, 3.05) is 20.3 Å². The third-order valence-electron chi connectivity index (χ3n) is 3.75. The van der Waals surface area contributed by atoms with Crippen LogP contribution < -0.4 is 10.1 Å². The van der Waals surface area contributed by atoms with Crippen molar-refractivity contribution < 1.29 is 19.1 Å². The lowest BCUT2D eigenvalue weighted by Gasteiger charge is -2.10. The van der Waals surface area contributed by atoms with Gasteiger partial charge >= 0.3 is 5.97 Å². The van der Waals surface area contributed by atoms with E-state index in [9.17, 15) is 9.59 Å². The molecule has 0 aliphatic heterocycles. The van der Waals surface area contributed by atoms with E-state index in [-0.39, 0.29) is 5.91 Å². The molecule has 0 saturated carbocycles. The standard InChI is InChI=1S/C21H25NO4/c1-15(2)14-26-19-9-7-16(8-10-19)11-12-22-20(23)17-5-4-6-18(13-17)21(24)25-3/h4-10,13,15H,11-12,14H2,1-3H3,(H,22,23). The van der Waals surface area contributed by atoms with Gasteiger partial charge in [0.15, 0.2) is 0 Å². The minimum atomic E-state index is -0.459. The molecule has 0 aliphatic carbocycles. The van der Waals surface area contributed by atoms with Crippen molar-refractivity contribution in [3.8, 4) is 5.75 Å². The maximum absolute atomic E-state index is 12.2. The largest absolute Gasteiger partial charge is 0.493 e. The number of esters is 1. The van der Waals surface area contributed by atoms with Crippen LogP contribution in [0.4, 0.5) is 0 Å². The van der Waals surface area contributed by atoms with Gasteiger partial charge in [-0.3, -0.25) is 4.79 Å². The molecule has 0 radical (unpaired) electrons. The zero-order valence-electron chi connectivity index (χ0n) is 15.5. The Hall–Kier alpha value is -2.82. The molecule has 26 heavy (non-hydrogen) atoms. The fourth-order valence-electron chi connectivity index (χ4n) is 2.34. The molecule has 5 heteroatoms. The third-order valence-corrected chi connectivity index (χ3v) is 3.75. The number of amides is 1. The van der Waals surface area contributed by atoms with Crippen molar-refractivity contribution in [2.45, 2.75) is 20.3 Å². The van der Waals surface area contributed by atoms with Crippen molar-refractivity contribution in [2.24, 2.45) is 5.92 Å². The molecule has 0 unspecified atom stereocenters. The van der Waals surface area contributed by atoms with E-state index in [1.54, 1.807) is 18.2 Å². The molecule has 1 amide bonds. The SMILES string of the molecule is COC(=O)c1cccc(C(=O)NCCc2ccc(OCC(C)C)cc2)c1. The molecule has 0 aliphatic rings. The average molecular weight is 355 g/mol. The molecule has 0 aromatic heterocycles. The fraction of sp³-hybridized carbons (Fsp3) is 0.333.